The molecule has 0 aliphatic carbocycles. The number of rotatable bonds is 5. The van der Waals surface area contributed by atoms with E-state index >= 15 is 0 Å². The van der Waals surface area contributed by atoms with Gasteiger partial charge in [-0.1, -0.05) is 17.7 Å². The van der Waals surface area contributed by atoms with E-state index in [0.29, 0.717) is 10.6 Å². The van der Waals surface area contributed by atoms with E-state index in [1.807, 2.05) is 5.32 Å². The fourth-order valence-electron chi connectivity index (χ4n) is 1.15. The van der Waals surface area contributed by atoms with Gasteiger partial charge in [0.05, 0.1) is 13.1 Å². The zero-order valence-corrected chi connectivity index (χ0v) is 10.0. The lowest BCUT2D eigenvalue weighted by atomic mass is 10.2. The summed E-state index contributed by atoms with van der Waals surface area (Å²) in [5.74, 6) is -1.17. The average molecular weight is 277 g/mol. The number of hydrogen-bond acceptors (Lipinski definition) is 2. The summed E-state index contributed by atoms with van der Waals surface area (Å²) in [6, 6.07) is 6.16. The van der Waals surface area contributed by atoms with E-state index in [0.717, 1.165) is 0 Å². The molecule has 2 N–H and O–H groups in total. The summed E-state index contributed by atoms with van der Waals surface area (Å²) in [5, 5.41) is 4.66. The summed E-state index contributed by atoms with van der Waals surface area (Å²) in [6.45, 7) is -1.09. The standard InChI is InChI=1S/C11H11ClF2N2O2/c12-8-3-1-2-7(4-8)11(18)16-6-10(17)15-5-9(13)14/h1-4,9H,5-6H2,(H,15,17)(H,16,18). The highest BCUT2D eigenvalue weighted by Crippen LogP contribution is 2.10. The Kier molecular flexibility index (Phi) is 5.51. The zero-order chi connectivity index (χ0) is 13.5. The Morgan fingerprint density at radius 3 is 2.61 bits per heavy atom. The minimum Gasteiger partial charge on any atom is -0.349 e. The first-order valence-corrected chi connectivity index (χ1v) is 5.45. The monoisotopic (exact) mass is 276 g/mol. The Bertz CT molecular complexity index is 441. The molecule has 0 saturated carbocycles. The number of benzene rings is 1. The molecule has 1 aromatic carbocycles. The van der Waals surface area contributed by atoms with Crippen molar-refractivity contribution in [1.29, 1.82) is 0 Å². The zero-order valence-electron chi connectivity index (χ0n) is 9.25. The van der Waals surface area contributed by atoms with E-state index in [9.17, 15) is 18.4 Å². The second-order valence-electron chi connectivity index (χ2n) is 3.39. The van der Waals surface area contributed by atoms with E-state index in [1.54, 1.807) is 12.1 Å². The molecule has 0 heterocycles. The first-order chi connectivity index (χ1) is 8.49. The van der Waals surface area contributed by atoms with Gasteiger partial charge in [-0.05, 0) is 18.2 Å². The maximum Gasteiger partial charge on any atom is 0.255 e. The van der Waals surface area contributed by atoms with Crippen LogP contribution >= 0.6 is 11.6 Å². The molecular formula is C11H11ClF2N2O2. The third-order valence-corrected chi connectivity index (χ3v) is 2.18. The lowest BCUT2D eigenvalue weighted by Crippen LogP contribution is -2.38. The van der Waals surface area contributed by atoms with Crippen molar-refractivity contribution in [3.8, 4) is 0 Å². The van der Waals surface area contributed by atoms with Crippen LogP contribution in [-0.4, -0.2) is 31.3 Å². The number of nitrogens with one attached hydrogen (secondary N) is 2. The third-order valence-electron chi connectivity index (χ3n) is 1.95. The van der Waals surface area contributed by atoms with Gasteiger partial charge in [-0.2, -0.15) is 0 Å². The van der Waals surface area contributed by atoms with Crippen molar-refractivity contribution in [2.75, 3.05) is 13.1 Å². The van der Waals surface area contributed by atoms with Crippen LogP contribution in [0.15, 0.2) is 24.3 Å². The van der Waals surface area contributed by atoms with Crippen molar-refractivity contribution >= 4 is 23.4 Å². The van der Waals surface area contributed by atoms with Crippen molar-refractivity contribution in [2.24, 2.45) is 0 Å². The topological polar surface area (TPSA) is 58.2 Å². The van der Waals surface area contributed by atoms with Gasteiger partial charge < -0.3 is 10.6 Å². The smallest absolute Gasteiger partial charge is 0.255 e. The van der Waals surface area contributed by atoms with Crippen LogP contribution in [0.4, 0.5) is 8.78 Å². The second kappa shape index (κ2) is 6.90. The Hall–Kier alpha value is -1.69. The van der Waals surface area contributed by atoms with Crippen LogP contribution in [0, 0.1) is 0 Å². The van der Waals surface area contributed by atoms with E-state index < -0.39 is 24.8 Å². The van der Waals surface area contributed by atoms with E-state index in [2.05, 4.69) is 5.32 Å². The molecular weight excluding hydrogens is 266 g/mol. The number of carbonyl (C=O) groups excluding carboxylic acids is 2. The van der Waals surface area contributed by atoms with Crippen LogP contribution in [0.25, 0.3) is 0 Å². The largest absolute Gasteiger partial charge is 0.349 e. The Balaban J connectivity index is 2.39. The van der Waals surface area contributed by atoms with Gasteiger partial charge in [-0.15, -0.1) is 0 Å². The van der Waals surface area contributed by atoms with Crippen molar-refractivity contribution in [1.82, 2.24) is 10.6 Å². The van der Waals surface area contributed by atoms with Gasteiger partial charge in [0.1, 0.15) is 0 Å². The quantitative estimate of drug-likeness (QED) is 0.855. The normalized spacial score (nSPS) is 10.2. The lowest BCUT2D eigenvalue weighted by Gasteiger charge is -2.06. The number of halogens is 3. The second-order valence-corrected chi connectivity index (χ2v) is 3.82. The van der Waals surface area contributed by atoms with Gasteiger partial charge in [0.15, 0.2) is 0 Å². The fourth-order valence-corrected chi connectivity index (χ4v) is 1.34. The molecule has 1 aromatic rings. The number of alkyl halides is 2. The summed E-state index contributed by atoms with van der Waals surface area (Å²) >= 11 is 5.69. The lowest BCUT2D eigenvalue weighted by molar-refractivity contribution is -0.120. The van der Waals surface area contributed by atoms with Crippen LogP contribution in [0.5, 0.6) is 0 Å². The molecule has 0 atom stereocenters. The van der Waals surface area contributed by atoms with Crippen LogP contribution in [-0.2, 0) is 4.79 Å². The first-order valence-electron chi connectivity index (χ1n) is 5.07. The van der Waals surface area contributed by atoms with Crippen molar-refractivity contribution in [3.63, 3.8) is 0 Å². The minimum absolute atomic E-state index is 0.296. The molecule has 98 valence electrons. The summed E-state index contributed by atoms with van der Waals surface area (Å²) < 4.78 is 23.6. The molecule has 0 unspecified atom stereocenters. The fraction of sp³-hybridized carbons (Fsp3) is 0.273. The van der Waals surface area contributed by atoms with Crippen molar-refractivity contribution in [3.05, 3.63) is 34.9 Å². The minimum atomic E-state index is -2.61. The Morgan fingerprint density at radius 1 is 1.28 bits per heavy atom. The molecule has 2 amide bonds. The molecule has 0 saturated heterocycles. The molecule has 0 aliphatic heterocycles. The molecule has 1 rings (SSSR count). The van der Waals surface area contributed by atoms with Crippen LogP contribution in [0.3, 0.4) is 0 Å². The summed E-state index contributed by atoms with van der Waals surface area (Å²) in [6.07, 6.45) is -2.61. The van der Waals surface area contributed by atoms with Crippen LogP contribution < -0.4 is 10.6 Å². The molecule has 18 heavy (non-hydrogen) atoms. The number of hydrogen-bond donors (Lipinski definition) is 2. The molecule has 0 aromatic heterocycles. The van der Waals surface area contributed by atoms with E-state index in [-0.39, 0.29) is 6.54 Å². The molecule has 0 aliphatic rings. The predicted molar refractivity (Wildman–Crippen MR) is 62.8 cm³/mol. The molecule has 0 spiro atoms. The summed E-state index contributed by atoms with van der Waals surface area (Å²) in [5.41, 5.74) is 0.296. The molecule has 0 fully saturated rings. The van der Waals surface area contributed by atoms with Crippen molar-refractivity contribution < 1.29 is 18.4 Å². The molecule has 0 radical (unpaired) electrons. The van der Waals surface area contributed by atoms with Crippen LogP contribution in [0.1, 0.15) is 10.4 Å². The van der Waals surface area contributed by atoms with E-state index in [4.69, 9.17) is 11.6 Å². The van der Waals surface area contributed by atoms with Crippen LogP contribution in [0.2, 0.25) is 5.02 Å². The molecule has 4 nitrogen and oxygen atoms in total. The average Bonchev–Trinajstić information content (AvgIpc) is 2.33. The Labute approximate surface area is 107 Å². The highest BCUT2D eigenvalue weighted by Gasteiger charge is 2.09. The van der Waals surface area contributed by atoms with Crippen molar-refractivity contribution in [2.45, 2.75) is 6.43 Å². The first kappa shape index (κ1) is 14.4. The van der Waals surface area contributed by atoms with Gasteiger partial charge >= 0.3 is 0 Å². The molecule has 7 heteroatoms. The predicted octanol–water partition coefficient (Wildman–Crippen LogP) is 1.45. The molecule has 0 bridgehead atoms. The van der Waals surface area contributed by atoms with Gasteiger partial charge in [0, 0.05) is 10.6 Å². The SMILES string of the molecule is O=C(CNC(=O)c1cccc(Cl)c1)NCC(F)F. The highest BCUT2D eigenvalue weighted by atomic mass is 35.5. The van der Waals surface area contributed by atoms with Gasteiger partial charge in [-0.3, -0.25) is 9.59 Å². The maximum absolute atomic E-state index is 11.8. The summed E-state index contributed by atoms with van der Waals surface area (Å²) in [4.78, 5) is 22.6. The summed E-state index contributed by atoms with van der Waals surface area (Å²) in [7, 11) is 0. The van der Waals surface area contributed by atoms with Gasteiger partial charge in [0.25, 0.3) is 12.3 Å². The maximum atomic E-state index is 11.8. The van der Waals surface area contributed by atoms with Gasteiger partial charge in [-0.25, -0.2) is 8.78 Å². The van der Waals surface area contributed by atoms with E-state index in [1.165, 1.54) is 12.1 Å². The number of carbonyl (C=O) groups is 2. The van der Waals surface area contributed by atoms with Gasteiger partial charge in [0.2, 0.25) is 5.91 Å². The third kappa shape index (κ3) is 5.09. The number of amides is 2. The highest BCUT2D eigenvalue weighted by molar-refractivity contribution is 6.30. The Morgan fingerprint density at radius 2 is 2.00 bits per heavy atom.